The number of nitrogens with zero attached hydrogens (tertiary/aromatic N) is 1. The summed E-state index contributed by atoms with van der Waals surface area (Å²) in [5.74, 6) is 0.248. The predicted molar refractivity (Wildman–Crippen MR) is 78.1 cm³/mol. The molecular formula is C15H28N2O3. The Labute approximate surface area is 121 Å². The Kier molecular flexibility index (Phi) is 6.46. The molecule has 0 unspecified atom stereocenters. The lowest BCUT2D eigenvalue weighted by molar-refractivity contribution is -0.155. The molecule has 0 saturated carbocycles. The van der Waals surface area contributed by atoms with Gasteiger partial charge in [0.05, 0.1) is 0 Å². The number of rotatable bonds is 6. The zero-order valence-electron chi connectivity index (χ0n) is 13.0. The van der Waals surface area contributed by atoms with Crippen LogP contribution in [0.5, 0.6) is 0 Å². The van der Waals surface area contributed by atoms with Gasteiger partial charge >= 0.3 is 5.97 Å². The number of likely N-dealkylation sites (tertiary alicyclic amines) is 1. The molecule has 1 aliphatic heterocycles. The van der Waals surface area contributed by atoms with Gasteiger partial charge in [0.2, 0.25) is 5.91 Å². The van der Waals surface area contributed by atoms with Crippen LogP contribution < -0.4 is 5.73 Å². The summed E-state index contributed by atoms with van der Waals surface area (Å²) < 4.78 is 5.31. The highest BCUT2D eigenvalue weighted by Crippen LogP contribution is 2.22. The number of piperidine rings is 1. The molecule has 0 aromatic carbocycles. The second-order valence-corrected chi connectivity index (χ2v) is 6.63. The van der Waals surface area contributed by atoms with Crippen molar-refractivity contribution in [3.63, 3.8) is 0 Å². The normalized spacial score (nSPS) is 17.9. The van der Waals surface area contributed by atoms with Crippen LogP contribution in [-0.4, -0.2) is 42.0 Å². The van der Waals surface area contributed by atoms with Gasteiger partial charge < -0.3 is 15.4 Å². The fourth-order valence-corrected chi connectivity index (χ4v) is 2.48. The van der Waals surface area contributed by atoms with Gasteiger partial charge in [0.1, 0.15) is 5.60 Å². The van der Waals surface area contributed by atoms with E-state index in [1.807, 2.05) is 20.8 Å². The molecule has 1 aliphatic rings. The molecule has 0 aliphatic carbocycles. The molecule has 0 bridgehead atoms. The first-order valence-corrected chi connectivity index (χ1v) is 7.49. The zero-order valence-corrected chi connectivity index (χ0v) is 13.0. The van der Waals surface area contributed by atoms with Crippen LogP contribution in [-0.2, 0) is 14.3 Å². The lowest BCUT2D eigenvalue weighted by Gasteiger charge is -2.31. The molecule has 0 aromatic rings. The lowest BCUT2D eigenvalue weighted by atomic mass is 9.92. The van der Waals surface area contributed by atoms with E-state index in [1.54, 1.807) is 0 Å². The number of hydrogen-bond acceptors (Lipinski definition) is 4. The summed E-state index contributed by atoms with van der Waals surface area (Å²) in [6, 6.07) is 0. The molecule has 0 atom stereocenters. The summed E-state index contributed by atoms with van der Waals surface area (Å²) in [5, 5.41) is 0. The highest BCUT2D eigenvalue weighted by molar-refractivity contribution is 5.73. The molecule has 1 rings (SSSR count). The Hall–Kier alpha value is -1.10. The maximum absolute atomic E-state index is 11.7. The van der Waals surface area contributed by atoms with Gasteiger partial charge in [-0.3, -0.25) is 9.59 Å². The van der Waals surface area contributed by atoms with Gasteiger partial charge in [-0.25, -0.2) is 0 Å². The van der Waals surface area contributed by atoms with E-state index in [2.05, 4.69) is 4.90 Å². The summed E-state index contributed by atoms with van der Waals surface area (Å²) in [7, 11) is 0. The highest BCUT2D eigenvalue weighted by Gasteiger charge is 2.22. The molecule has 5 nitrogen and oxygen atoms in total. The van der Waals surface area contributed by atoms with Crippen LogP contribution in [0.2, 0.25) is 0 Å². The summed E-state index contributed by atoms with van der Waals surface area (Å²) in [4.78, 5) is 24.7. The Morgan fingerprint density at radius 2 is 1.80 bits per heavy atom. The summed E-state index contributed by atoms with van der Waals surface area (Å²) in [6.45, 7) is 8.42. The Morgan fingerprint density at radius 1 is 1.20 bits per heavy atom. The van der Waals surface area contributed by atoms with Crippen molar-refractivity contribution in [3.8, 4) is 0 Å². The van der Waals surface area contributed by atoms with Gasteiger partial charge in [-0.15, -0.1) is 0 Å². The van der Waals surface area contributed by atoms with Crippen LogP contribution in [0.3, 0.4) is 0 Å². The minimum atomic E-state index is -0.394. The highest BCUT2D eigenvalue weighted by atomic mass is 16.6. The monoisotopic (exact) mass is 284 g/mol. The summed E-state index contributed by atoms with van der Waals surface area (Å²) in [5.41, 5.74) is 4.76. The first kappa shape index (κ1) is 17.0. The number of carbonyl (C=O) groups is 2. The smallest absolute Gasteiger partial charge is 0.306 e. The van der Waals surface area contributed by atoms with Crippen LogP contribution in [0.25, 0.3) is 0 Å². The molecule has 1 heterocycles. The second kappa shape index (κ2) is 7.62. The average Bonchev–Trinajstić information content (AvgIpc) is 2.33. The van der Waals surface area contributed by atoms with E-state index in [4.69, 9.17) is 10.5 Å². The molecule has 1 fully saturated rings. The SMILES string of the molecule is CC(C)(C)OC(=O)CCC1CCN(CCC(N)=O)CC1. The van der Waals surface area contributed by atoms with E-state index in [-0.39, 0.29) is 11.9 Å². The largest absolute Gasteiger partial charge is 0.460 e. The minimum Gasteiger partial charge on any atom is -0.460 e. The number of esters is 1. The van der Waals surface area contributed by atoms with Crippen LogP contribution in [0.4, 0.5) is 0 Å². The third kappa shape index (κ3) is 7.48. The maximum atomic E-state index is 11.7. The van der Waals surface area contributed by atoms with Crippen LogP contribution in [0.1, 0.15) is 52.9 Å². The molecule has 1 amide bonds. The second-order valence-electron chi connectivity index (χ2n) is 6.63. The molecule has 1 saturated heterocycles. The minimum absolute atomic E-state index is 0.103. The fraction of sp³-hybridized carbons (Fsp3) is 0.867. The Balaban J connectivity index is 2.16. The Morgan fingerprint density at radius 3 is 2.30 bits per heavy atom. The van der Waals surface area contributed by atoms with Crippen LogP contribution >= 0.6 is 0 Å². The van der Waals surface area contributed by atoms with Gasteiger partial charge in [0, 0.05) is 19.4 Å². The molecular weight excluding hydrogens is 256 g/mol. The number of hydrogen-bond donors (Lipinski definition) is 1. The van der Waals surface area contributed by atoms with Crippen molar-refractivity contribution >= 4 is 11.9 Å². The predicted octanol–water partition coefficient (Wildman–Crippen LogP) is 1.70. The third-order valence-corrected chi connectivity index (χ3v) is 3.56. The van der Waals surface area contributed by atoms with Crippen molar-refractivity contribution in [2.24, 2.45) is 11.7 Å². The molecule has 20 heavy (non-hydrogen) atoms. The molecule has 2 N–H and O–H groups in total. The van der Waals surface area contributed by atoms with Gasteiger partial charge in [-0.2, -0.15) is 0 Å². The van der Waals surface area contributed by atoms with Gasteiger partial charge in [-0.05, 0) is 59.0 Å². The van der Waals surface area contributed by atoms with E-state index >= 15 is 0 Å². The maximum Gasteiger partial charge on any atom is 0.306 e. The van der Waals surface area contributed by atoms with Gasteiger partial charge in [0.15, 0.2) is 0 Å². The standard InChI is InChI=1S/C15H28N2O3/c1-15(2,3)20-14(19)5-4-12-6-9-17(10-7-12)11-8-13(16)18/h12H,4-11H2,1-3H3,(H2,16,18). The van der Waals surface area contributed by atoms with Crippen molar-refractivity contribution in [1.82, 2.24) is 4.90 Å². The number of nitrogens with two attached hydrogens (primary N) is 1. The average molecular weight is 284 g/mol. The van der Waals surface area contributed by atoms with Crippen molar-refractivity contribution < 1.29 is 14.3 Å². The first-order valence-electron chi connectivity index (χ1n) is 7.49. The topological polar surface area (TPSA) is 72.6 Å². The van der Waals surface area contributed by atoms with Gasteiger partial charge in [-0.1, -0.05) is 0 Å². The number of amides is 1. The van der Waals surface area contributed by atoms with E-state index in [0.717, 1.165) is 38.9 Å². The summed E-state index contributed by atoms with van der Waals surface area (Å²) in [6.07, 6.45) is 4.01. The van der Waals surface area contributed by atoms with Crippen molar-refractivity contribution in [1.29, 1.82) is 0 Å². The van der Waals surface area contributed by atoms with E-state index in [9.17, 15) is 9.59 Å². The zero-order chi connectivity index (χ0) is 15.2. The van der Waals surface area contributed by atoms with E-state index < -0.39 is 5.60 Å². The summed E-state index contributed by atoms with van der Waals surface area (Å²) >= 11 is 0. The van der Waals surface area contributed by atoms with Crippen molar-refractivity contribution in [2.75, 3.05) is 19.6 Å². The number of carbonyl (C=O) groups excluding carboxylic acids is 2. The molecule has 116 valence electrons. The fourth-order valence-electron chi connectivity index (χ4n) is 2.48. The van der Waals surface area contributed by atoms with Crippen LogP contribution in [0, 0.1) is 5.92 Å². The first-order chi connectivity index (χ1) is 9.26. The van der Waals surface area contributed by atoms with Crippen LogP contribution in [0.15, 0.2) is 0 Å². The third-order valence-electron chi connectivity index (χ3n) is 3.56. The number of primary amides is 1. The molecule has 0 spiro atoms. The van der Waals surface area contributed by atoms with Crippen molar-refractivity contribution in [3.05, 3.63) is 0 Å². The number of ether oxygens (including phenoxy) is 1. The lowest BCUT2D eigenvalue weighted by Crippen LogP contribution is -2.36. The molecule has 0 radical (unpaired) electrons. The molecule has 0 aromatic heterocycles. The Bertz CT molecular complexity index is 329. The van der Waals surface area contributed by atoms with E-state index in [1.165, 1.54) is 0 Å². The van der Waals surface area contributed by atoms with Gasteiger partial charge in [0.25, 0.3) is 0 Å². The van der Waals surface area contributed by atoms with Crippen molar-refractivity contribution in [2.45, 2.75) is 58.5 Å². The van der Waals surface area contributed by atoms with E-state index in [0.29, 0.717) is 18.8 Å². The molecule has 5 heteroatoms. The quantitative estimate of drug-likeness (QED) is 0.753.